The molecule has 0 heterocycles. The lowest BCUT2D eigenvalue weighted by Gasteiger charge is -2.03. The molecule has 0 aromatic heterocycles. The molecule has 0 saturated heterocycles. The summed E-state index contributed by atoms with van der Waals surface area (Å²) in [6.07, 6.45) is 0.594. The van der Waals surface area contributed by atoms with Crippen molar-refractivity contribution in [3.63, 3.8) is 0 Å². The first-order chi connectivity index (χ1) is 8.25. The van der Waals surface area contributed by atoms with Crippen molar-refractivity contribution in [2.24, 2.45) is 0 Å². The summed E-state index contributed by atoms with van der Waals surface area (Å²) >= 11 is 0. The van der Waals surface area contributed by atoms with Crippen molar-refractivity contribution in [1.82, 2.24) is 0 Å². The second-order valence-corrected chi connectivity index (χ2v) is 3.07. The van der Waals surface area contributed by atoms with Crippen LogP contribution in [0.4, 0.5) is 0 Å². The molecule has 0 unspecified atom stereocenters. The summed E-state index contributed by atoms with van der Waals surface area (Å²) < 4.78 is 9.44. The van der Waals surface area contributed by atoms with E-state index in [4.69, 9.17) is 4.74 Å². The van der Waals surface area contributed by atoms with Gasteiger partial charge in [0.1, 0.15) is 19.5 Å². The van der Waals surface area contributed by atoms with Gasteiger partial charge >= 0.3 is 5.97 Å². The fourth-order valence-electron chi connectivity index (χ4n) is 1.10. The summed E-state index contributed by atoms with van der Waals surface area (Å²) in [4.78, 5) is 32.7. The maximum atomic E-state index is 11.5. The lowest BCUT2D eigenvalue weighted by Crippen LogP contribution is -2.20. The molecule has 0 saturated carbocycles. The number of rotatable bonds is 7. The van der Waals surface area contributed by atoms with Crippen molar-refractivity contribution in [2.45, 2.75) is 0 Å². The summed E-state index contributed by atoms with van der Waals surface area (Å²) in [5.41, 5.74) is 0.284. The minimum atomic E-state index is -0.925. The van der Waals surface area contributed by atoms with Crippen LogP contribution in [-0.4, -0.2) is 37.9 Å². The number of carbonyl (C=O) groups excluding carboxylic acids is 3. The average molecular weight is 236 g/mol. The highest BCUT2D eigenvalue weighted by Gasteiger charge is 2.16. The molecule has 0 spiro atoms. The van der Waals surface area contributed by atoms with Crippen LogP contribution in [-0.2, 0) is 19.1 Å². The first kappa shape index (κ1) is 13.1. The van der Waals surface area contributed by atoms with Crippen LogP contribution >= 0.6 is 0 Å². The molecule has 0 aliphatic heterocycles. The second kappa shape index (κ2) is 7.29. The monoisotopic (exact) mass is 236 g/mol. The molecule has 0 aliphatic rings. The van der Waals surface area contributed by atoms with Gasteiger partial charge in [0.15, 0.2) is 0 Å². The molecular formula is C12H12O5. The predicted octanol–water partition coefficient (Wildman–Crippen LogP) is 0.628. The summed E-state index contributed by atoms with van der Waals surface area (Å²) in [7, 11) is 0. The molecule has 0 fully saturated rings. The Morgan fingerprint density at radius 1 is 1.12 bits per heavy atom. The number of ketones is 1. The van der Waals surface area contributed by atoms with E-state index in [2.05, 4.69) is 4.74 Å². The van der Waals surface area contributed by atoms with E-state index < -0.39 is 11.8 Å². The van der Waals surface area contributed by atoms with Gasteiger partial charge in [0.05, 0.1) is 6.61 Å². The molecule has 1 aromatic rings. The van der Waals surface area contributed by atoms with Crippen molar-refractivity contribution in [1.29, 1.82) is 0 Å². The lowest BCUT2D eigenvalue weighted by atomic mass is 10.1. The third-order valence-corrected chi connectivity index (χ3v) is 1.87. The molecular weight excluding hydrogens is 224 g/mol. The first-order valence-corrected chi connectivity index (χ1v) is 5.03. The minimum Gasteiger partial charge on any atom is -0.457 e. The number of Topliss-reactive ketones (excluding diaryl/α,β-unsaturated/α-hetero) is 1. The number of esters is 1. The molecule has 5 nitrogen and oxygen atoms in total. The van der Waals surface area contributed by atoms with Crippen LogP contribution in [0, 0.1) is 0 Å². The van der Waals surface area contributed by atoms with Gasteiger partial charge in [-0.25, -0.2) is 4.79 Å². The minimum absolute atomic E-state index is 0.0504. The van der Waals surface area contributed by atoms with E-state index in [-0.39, 0.29) is 25.4 Å². The Labute approximate surface area is 98.3 Å². The summed E-state index contributed by atoms with van der Waals surface area (Å²) in [5, 5.41) is 0. The van der Waals surface area contributed by atoms with Crippen molar-refractivity contribution >= 4 is 18.0 Å². The van der Waals surface area contributed by atoms with E-state index in [9.17, 15) is 14.4 Å². The van der Waals surface area contributed by atoms with Gasteiger partial charge in [-0.2, -0.15) is 0 Å². The summed E-state index contributed by atoms with van der Waals surface area (Å²) in [6, 6.07) is 8.13. The quantitative estimate of drug-likeness (QED) is 0.228. The van der Waals surface area contributed by atoms with Gasteiger partial charge in [0.25, 0.3) is 5.78 Å². The summed E-state index contributed by atoms with van der Waals surface area (Å²) in [6.45, 7) is -0.0119. The number of carbonyl (C=O) groups is 3. The van der Waals surface area contributed by atoms with E-state index >= 15 is 0 Å². The standard InChI is InChI=1S/C12H12O5/c13-6-7-16-8-9-17-12(15)11(14)10-4-2-1-3-5-10/h1-6H,7-9H2. The topological polar surface area (TPSA) is 69.7 Å². The molecule has 0 bridgehead atoms. The third kappa shape index (κ3) is 4.56. The molecule has 0 atom stereocenters. The number of hydrogen-bond acceptors (Lipinski definition) is 5. The van der Waals surface area contributed by atoms with Gasteiger partial charge in [-0.15, -0.1) is 0 Å². The second-order valence-electron chi connectivity index (χ2n) is 3.07. The zero-order valence-electron chi connectivity index (χ0n) is 9.13. The zero-order chi connectivity index (χ0) is 12.5. The molecule has 1 rings (SSSR count). The van der Waals surface area contributed by atoms with Crippen LogP contribution in [0.1, 0.15) is 10.4 Å². The van der Waals surface area contributed by atoms with Crippen molar-refractivity contribution in [2.75, 3.05) is 19.8 Å². The molecule has 1 aromatic carbocycles. The summed E-state index contributed by atoms with van der Waals surface area (Å²) in [5.74, 6) is -1.62. The maximum absolute atomic E-state index is 11.5. The lowest BCUT2D eigenvalue weighted by molar-refractivity contribution is -0.139. The van der Waals surface area contributed by atoms with Gasteiger partial charge in [-0.1, -0.05) is 30.3 Å². The van der Waals surface area contributed by atoms with Gasteiger partial charge < -0.3 is 14.3 Å². The Bertz CT molecular complexity index is 385. The maximum Gasteiger partial charge on any atom is 0.379 e. The van der Waals surface area contributed by atoms with Gasteiger partial charge in [-0.3, -0.25) is 4.79 Å². The van der Waals surface area contributed by atoms with Crippen molar-refractivity contribution in [3.05, 3.63) is 35.9 Å². The Morgan fingerprint density at radius 2 is 1.82 bits per heavy atom. The van der Waals surface area contributed by atoms with Gasteiger partial charge in [-0.05, 0) is 0 Å². The van der Waals surface area contributed by atoms with Crippen LogP contribution in [0.2, 0.25) is 0 Å². The number of hydrogen-bond donors (Lipinski definition) is 0. The molecule has 17 heavy (non-hydrogen) atoms. The highest BCUT2D eigenvalue weighted by Crippen LogP contribution is 2.01. The Kier molecular flexibility index (Phi) is 5.60. The Balaban J connectivity index is 2.33. The van der Waals surface area contributed by atoms with Gasteiger partial charge in [0.2, 0.25) is 0 Å². The Hall–Kier alpha value is -2.01. The molecule has 90 valence electrons. The fourth-order valence-corrected chi connectivity index (χ4v) is 1.10. The van der Waals surface area contributed by atoms with Crippen LogP contribution < -0.4 is 0 Å². The zero-order valence-corrected chi connectivity index (χ0v) is 9.13. The number of benzene rings is 1. The molecule has 5 heteroatoms. The predicted molar refractivity (Wildman–Crippen MR) is 58.6 cm³/mol. The van der Waals surface area contributed by atoms with E-state index in [0.29, 0.717) is 6.29 Å². The van der Waals surface area contributed by atoms with E-state index in [0.717, 1.165) is 0 Å². The Morgan fingerprint density at radius 3 is 2.47 bits per heavy atom. The highest BCUT2D eigenvalue weighted by atomic mass is 16.6. The smallest absolute Gasteiger partial charge is 0.379 e. The van der Waals surface area contributed by atoms with Crippen LogP contribution in [0.25, 0.3) is 0 Å². The molecule has 0 amide bonds. The fraction of sp³-hybridized carbons (Fsp3) is 0.250. The third-order valence-electron chi connectivity index (χ3n) is 1.87. The van der Waals surface area contributed by atoms with E-state index in [1.807, 2.05) is 0 Å². The SMILES string of the molecule is O=CCOCCOC(=O)C(=O)c1ccccc1. The van der Waals surface area contributed by atoms with Gasteiger partial charge in [0, 0.05) is 5.56 Å². The molecule has 0 radical (unpaired) electrons. The van der Waals surface area contributed by atoms with Crippen LogP contribution in [0.15, 0.2) is 30.3 Å². The number of aldehydes is 1. The normalized spacial score (nSPS) is 9.65. The van der Waals surface area contributed by atoms with E-state index in [1.165, 1.54) is 12.1 Å². The molecule has 0 aliphatic carbocycles. The highest BCUT2D eigenvalue weighted by molar-refractivity contribution is 6.40. The van der Waals surface area contributed by atoms with Crippen molar-refractivity contribution < 1.29 is 23.9 Å². The molecule has 0 N–H and O–H groups in total. The average Bonchev–Trinajstić information content (AvgIpc) is 2.38. The van der Waals surface area contributed by atoms with E-state index in [1.54, 1.807) is 18.2 Å². The first-order valence-electron chi connectivity index (χ1n) is 5.03. The van der Waals surface area contributed by atoms with Crippen LogP contribution in [0.3, 0.4) is 0 Å². The van der Waals surface area contributed by atoms with Crippen molar-refractivity contribution in [3.8, 4) is 0 Å². The number of ether oxygens (including phenoxy) is 2. The van der Waals surface area contributed by atoms with Crippen LogP contribution in [0.5, 0.6) is 0 Å². The largest absolute Gasteiger partial charge is 0.457 e.